The van der Waals surface area contributed by atoms with Crippen LogP contribution in [-0.2, 0) is 9.53 Å². The number of allylic oxidation sites excluding steroid dienone is 3. The highest BCUT2D eigenvalue weighted by Crippen LogP contribution is 2.11. The van der Waals surface area contributed by atoms with E-state index in [0.29, 0.717) is 11.3 Å². The summed E-state index contributed by atoms with van der Waals surface area (Å²) in [6.45, 7) is 6.85. The van der Waals surface area contributed by atoms with Gasteiger partial charge in [-0.1, -0.05) is 19.2 Å². The van der Waals surface area contributed by atoms with Gasteiger partial charge >= 0.3 is 0 Å². The van der Waals surface area contributed by atoms with Crippen molar-refractivity contribution in [2.24, 2.45) is 0 Å². The molecule has 0 radical (unpaired) electrons. The number of ether oxygens (including phenoxy) is 1. The lowest BCUT2D eigenvalue weighted by Gasteiger charge is -2.06. The number of hydrogen-bond acceptors (Lipinski definition) is 3. The second kappa shape index (κ2) is 6.20. The standard InChI is InChI=1S/C10H14O3/c1-4-5-9(8(2)13-3)10(12)6-7-11/h4-5,11H,1-2,6-7H2,3H3/b9-5+. The Morgan fingerprint density at radius 1 is 1.62 bits per heavy atom. The molecule has 72 valence electrons. The molecular weight excluding hydrogens is 168 g/mol. The van der Waals surface area contributed by atoms with Crippen LogP contribution in [0.15, 0.2) is 36.6 Å². The van der Waals surface area contributed by atoms with Crippen LogP contribution in [0.2, 0.25) is 0 Å². The van der Waals surface area contributed by atoms with Gasteiger partial charge in [0, 0.05) is 6.42 Å². The molecule has 0 aliphatic carbocycles. The molecule has 0 amide bonds. The highest BCUT2D eigenvalue weighted by molar-refractivity contribution is 5.99. The molecule has 0 atom stereocenters. The molecule has 0 saturated carbocycles. The highest BCUT2D eigenvalue weighted by Gasteiger charge is 2.11. The Bertz CT molecular complexity index is 239. The second-order valence-corrected chi connectivity index (χ2v) is 2.34. The first-order valence-electron chi connectivity index (χ1n) is 3.87. The van der Waals surface area contributed by atoms with Crippen molar-refractivity contribution in [2.45, 2.75) is 6.42 Å². The Labute approximate surface area is 78.0 Å². The number of carbonyl (C=O) groups is 1. The van der Waals surface area contributed by atoms with E-state index in [1.165, 1.54) is 19.3 Å². The van der Waals surface area contributed by atoms with Crippen LogP contribution in [0.4, 0.5) is 0 Å². The zero-order chi connectivity index (χ0) is 10.3. The quantitative estimate of drug-likeness (QED) is 0.381. The maximum Gasteiger partial charge on any atom is 0.168 e. The average Bonchev–Trinajstić information content (AvgIpc) is 2.13. The van der Waals surface area contributed by atoms with Crippen LogP contribution in [0, 0.1) is 0 Å². The molecule has 0 rings (SSSR count). The van der Waals surface area contributed by atoms with Gasteiger partial charge in [-0.15, -0.1) is 0 Å². The molecule has 3 heteroatoms. The first-order valence-corrected chi connectivity index (χ1v) is 3.87. The molecule has 1 N–H and O–H groups in total. The summed E-state index contributed by atoms with van der Waals surface area (Å²) in [6, 6.07) is 0. The van der Waals surface area contributed by atoms with Gasteiger partial charge in [0.25, 0.3) is 0 Å². The number of carbonyl (C=O) groups excluding carboxylic acids is 1. The fourth-order valence-corrected chi connectivity index (χ4v) is 0.805. The van der Waals surface area contributed by atoms with Gasteiger partial charge in [0.05, 0.1) is 19.3 Å². The molecular formula is C10H14O3. The van der Waals surface area contributed by atoms with E-state index in [4.69, 9.17) is 9.84 Å². The van der Waals surface area contributed by atoms with E-state index < -0.39 is 0 Å². The van der Waals surface area contributed by atoms with Crippen LogP contribution < -0.4 is 0 Å². The van der Waals surface area contributed by atoms with Crippen molar-refractivity contribution in [3.8, 4) is 0 Å². The highest BCUT2D eigenvalue weighted by atomic mass is 16.5. The van der Waals surface area contributed by atoms with Gasteiger partial charge in [0.15, 0.2) is 5.78 Å². The van der Waals surface area contributed by atoms with E-state index in [1.807, 2.05) is 0 Å². The monoisotopic (exact) mass is 182 g/mol. The minimum absolute atomic E-state index is 0.0715. The van der Waals surface area contributed by atoms with Crippen LogP contribution in [0.1, 0.15) is 6.42 Å². The van der Waals surface area contributed by atoms with Crippen LogP contribution in [0.3, 0.4) is 0 Å². The lowest BCUT2D eigenvalue weighted by atomic mass is 10.1. The Morgan fingerprint density at radius 2 is 2.23 bits per heavy atom. The SMILES string of the molecule is C=C/C=C(\C(=C)OC)C(=O)CCO. The average molecular weight is 182 g/mol. The number of rotatable bonds is 6. The fraction of sp³-hybridized carbons (Fsp3) is 0.300. The summed E-state index contributed by atoms with van der Waals surface area (Å²) in [5.74, 6) is 0.0904. The van der Waals surface area contributed by atoms with E-state index in [9.17, 15) is 4.79 Å². The van der Waals surface area contributed by atoms with E-state index in [0.717, 1.165) is 0 Å². The second-order valence-electron chi connectivity index (χ2n) is 2.34. The Balaban J connectivity index is 4.61. The van der Waals surface area contributed by atoms with Gasteiger partial charge in [-0.3, -0.25) is 4.79 Å². The lowest BCUT2D eigenvalue weighted by molar-refractivity contribution is -0.116. The minimum Gasteiger partial charge on any atom is -0.497 e. The molecule has 0 aromatic carbocycles. The zero-order valence-electron chi connectivity index (χ0n) is 7.75. The maximum absolute atomic E-state index is 11.3. The number of hydrogen-bond donors (Lipinski definition) is 1. The third-order valence-electron chi connectivity index (χ3n) is 1.47. The zero-order valence-corrected chi connectivity index (χ0v) is 7.75. The van der Waals surface area contributed by atoms with Gasteiger partial charge in [-0.2, -0.15) is 0 Å². The fourth-order valence-electron chi connectivity index (χ4n) is 0.805. The van der Waals surface area contributed by atoms with Crippen molar-refractivity contribution in [1.82, 2.24) is 0 Å². The van der Waals surface area contributed by atoms with Crippen LogP contribution >= 0.6 is 0 Å². The molecule has 0 aliphatic rings. The Morgan fingerprint density at radius 3 is 2.62 bits per heavy atom. The summed E-state index contributed by atoms with van der Waals surface area (Å²) in [6.07, 6.45) is 3.07. The minimum atomic E-state index is -0.200. The van der Waals surface area contributed by atoms with Gasteiger partial charge in [0.2, 0.25) is 0 Å². The molecule has 0 bridgehead atoms. The third-order valence-corrected chi connectivity index (χ3v) is 1.47. The summed E-state index contributed by atoms with van der Waals surface area (Å²) in [5.41, 5.74) is 0.353. The molecule has 0 aromatic heterocycles. The van der Waals surface area contributed by atoms with Crippen molar-refractivity contribution in [3.05, 3.63) is 36.6 Å². The van der Waals surface area contributed by atoms with E-state index in [1.54, 1.807) is 0 Å². The Hall–Kier alpha value is -1.35. The molecule has 3 nitrogen and oxygen atoms in total. The van der Waals surface area contributed by atoms with Gasteiger partial charge < -0.3 is 9.84 Å². The van der Waals surface area contributed by atoms with Gasteiger partial charge in [-0.05, 0) is 6.08 Å². The first kappa shape index (κ1) is 11.6. The number of aliphatic hydroxyl groups is 1. The summed E-state index contributed by atoms with van der Waals surface area (Å²) in [5, 5.41) is 8.56. The molecule has 13 heavy (non-hydrogen) atoms. The first-order chi connectivity index (χ1) is 6.17. The summed E-state index contributed by atoms with van der Waals surface area (Å²) >= 11 is 0. The smallest absolute Gasteiger partial charge is 0.168 e. The normalized spacial score (nSPS) is 10.8. The van der Waals surface area contributed by atoms with Crippen molar-refractivity contribution >= 4 is 5.78 Å². The predicted octanol–water partition coefficient (Wildman–Crippen LogP) is 1.21. The topological polar surface area (TPSA) is 46.5 Å². The van der Waals surface area contributed by atoms with Gasteiger partial charge in [-0.25, -0.2) is 0 Å². The van der Waals surface area contributed by atoms with E-state index in [-0.39, 0.29) is 18.8 Å². The molecule has 0 aromatic rings. The third kappa shape index (κ3) is 3.71. The number of Topliss-reactive ketones (excluding diaryl/α,β-unsaturated/α-hetero) is 1. The molecule has 0 heterocycles. The summed E-state index contributed by atoms with van der Waals surface area (Å²) in [7, 11) is 1.44. The van der Waals surface area contributed by atoms with Crippen molar-refractivity contribution in [2.75, 3.05) is 13.7 Å². The molecule has 0 unspecified atom stereocenters. The van der Waals surface area contributed by atoms with Crippen LogP contribution in [0.5, 0.6) is 0 Å². The lowest BCUT2D eigenvalue weighted by Crippen LogP contribution is -2.07. The largest absolute Gasteiger partial charge is 0.497 e. The van der Waals surface area contributed by atoms with Crippen LogP contribution in [0.25, 0.3) is 0 Å². The molecule has 0 saturated heterocycles. The molecule has 0 spiro atoms. The van der Waals surface area contributed by atoms with Crippen molar-refractivity contribution in [3.63, 3.8) is 0 Å². The number of ketones is 1. The van der Waals surface area contributed by atoms with E-state index >= 15 is 0 Å². The Kier molecular flexibility index (Phi) is 5.55. The predicted molar refractivity (Wildman–Crippen MR) is 51.1 cm³/mol. The number of aliphatic hydroxyl groups excluding tert-OH is 1. The summed E-state index contributed by atoms with van der Waals surface area (Å²) in [4.78, 5) is 11.3. The van der Waals surface area contributed by atoms with Crippen molar-refractivity contribution < 1.29 is 14.6 Å². The van der Waals surface area contributed by atoms with Crippen molar-refractivity contribution in [1.29, 1.82) is 0 Å². The van der Waals surface area contributed by atoms with Crippen LogP contribution in [-0.4, -0.2) is 24.6 Å². The molecule has 0 aliphatic heterocycles. The number of methoxy groups -OCH3 is 1. The maximum atomic E-state index is 11.3. The van der Waals surface area contributed by atoms with Gasteiger partial charge in [0.1, 0.15) is 5.76 Å². The summed E-state index contributed by atoms with van der Waals surface area (Å²) < 4.78 is 4.82. The van der Waals surface area contributed by atoms with E-state index in [2.05, 4.69) is 13.2 Å². The molecule has 0 fully saturated rings.